The lowest BCUT2D eigenvalue weighted by Crippen LogP contribution is -2.19. The molecule has 2 N–H and O–H groups in total. The fourth-order valence-electron chi connectivity index (χ4n) is 1.53. The first-order chi connectivity index (χ1) is 9.85. The van der Waals surface area contributed by atoms with Crippen molar-refractivity contribution in [3.63, 3.8) is 0 Å². The van der Waals surface area contributed by atoms with Crippen molar-refractivity contribution in [1.82, 2.24) is 0 Å². The Kier molecular flexibility index (Phi) is 4.88. The van der Waals surface area contributed by atoms with Crippen LogP contribution < -0.4 is 10.6 Å². The van der Waals surface area contributed by atoms with E-state index < -0.39 is 17.7 Å². The molecule has 110 valence electrons. The normalized spacial score (nSPS) is 10.3. The van der Waals surface area contributed by atoms with Crippen LogP contribution >= 0.6 is 34.8 Å². The molecule has 0 aliphatic rings. The molecule has 2 aromatic rings. The fraction of sp³-hybridized carbons (Fsp3) is 0. The lowest BCUT2D eigenvalue weighted by Gasteiger charge is -2.10. The van der Waals surface area contributed by atoms with E-state index in [0.29, 0.717) is 15.7 Å². The molecule has 0 heterocycles. The molecule has 0 atom stereocenters. The van der Waals surface area contributed by atoms with Crippen molar-refractivity contribution in [3.8, 4) is 0 Å². The SMILES string of the molecule is O=C(Nc1cc(Cl)cc(Cl)c1)Nc1cc(F)c(F)cc1Cl. The third kappa shape index (κ3) is 4.20. The molecule has 21 heavy (non-hydrogen) atoms. The summed E-state index contributed by atoms with van der Waals surface area (Å²) in [5.41, 5.74) is 0.268. The van der Waals surface area contributed by atoms with Gasteiger partial charge in [0.15, 0.2) is 11.6 Å². The maximum Gasteiger partial charge on any atom is 0.323 e. The van der Waals surface area contributed by atoms with Crippen molar-refractivity contribution in [2.24, 2.45) is 0 Å². The van der Waals surface area contributed by atoms with E-state index in [1.54, 1.807) is 0 Å². The molecule has 2 amide bonds. The van der Waals surface area contributed by atoms with E-state index in [2.05, 4.69) is 10.6 Å². The minimum atomic E-state index is -1.12. The fourth-order valence-corrected chi connectivity index (χ4v) is 2.25. The van der Waals surface area contributed by atoms with E-state index in [1.807, 2.05) is 0 Å². The number of hydrogen-bond donors (Lipinski definition) is 2. The molecule has 3 nitrogen and oxygen atoms in total. The highest BCUT2D eigenvalue weighted by atomic mass is 35.5. The first kappa shape index (κ1) is 15.8. The summed E-state index contributed by atoms with van der Waals surface area (Å²) >= 11 is 17.3. The van der Waals surface area contributed by atoms with Gasteiger partial charge >= 0.3 is 6.03 Å². The number of rotatable bonds is 2. The maximum absolute atomic E-state index is 13.1. The van der Waals surface area contributed by atoms with Gasteiger partial charge in [-0.05, 0) is 24.3 Å². The summed E-state index contributed by atoms with van der Waals surface area (Å²) in [5.74, 6) is -2.23. The van der Waals surface area contributed by atoms with Crippen LogP contribution in [0, 0.1) is 11.6 Å². The van der Waals surface area contributed by atoms with E-state index in [0.717, 1.165) is 12.1 Å². The molecular weight excluding hydrogens is 345 g/mol. The van der Waals surface area contributed by atoms with Gasteiger partial charge in [0.25, 0.3) is 0 Å². The zero-order valence-electron chi connectivity index (χ0n) is 10.2. The summed E-state index contributed by atoms with van der Waals surface area (Å²) in [6.45, 7) is 0. The van der Waals surface area contributed by atoms with Gasteiger partial charge in [0, 0.05) is 21.8 Å². The molecule has 0 fully saturated rings. The number of benzene rings is 2. The van der Waals surface area contributed by atoms with Crippen LogP contribution in [0.25, 0.3) is 0 Å². The summed E-state index contributed by atoms with van der Waals surface area (Å²) in [6, 6.07) is 5.28. The quantitative estimate of drug-likeness (QED) is 0.682. The van der Waals surface area contributed by atoms with Crippen LogP contribution in [-0.2, 0) is 0 Å². The highest BCUT2D eigenvalue weighted by molar-refractivity contribution is 6.35. The Labute approximate surface area is 133 Å². The molecule has 2 rings (SSSR count). The van der Waals surface area contributed by atoms with Crippen LogP contribution in [0.2, 0.25) is 15.1 Å². The average molecular weight is 352 g/mol. The zero-order valence-corrected chi connectivity index (χ0v) is 12.5. The van der Waals surface area contributed by atoms with Crippen molar-refractivity contribution in [1.29, 1.82) is 0 Å². The number of carbonyl (C=O) groups excluding carboxylic acids is 1. The van der Waals surface area contributed by atoms with Crippen LogP contribution in [0.15, 0.2) is 30.3 Å². The van der Waals surface area contributed by atoms with E-state index >= 15 is 0 Å². The average Bonchev–Trinajstić information content (AvgIpc) is 2.34. The molecule has 0 saturated heterocycles. The predicted molar refractivity (Wildman–Crippen MR) is 80.5 cm³/mol. The molecule has 0 spiro atoms. The van der Waals surface area contributed by atoms with E-state index in [9.17, 15) is 13.6 Å². The van der Waals surface area contributed by atoms with E-state index in [-0.39, 0.29) is 10.7 Å². The standard InChI is InChI=1S/C13H7Cl3F2N2O/c14-6-1-7(15)3-8(2-6)19-13(21)20-12-5-11(18)10(17)4-9(12)16/h1-5H,(H2,19,20,21). The molecular formula is C13H7Cl3F2N2O. The maximum atomic E-state index is 13.1. The van der Waals surface area contributed by atoms with Gasteiger partial charge in [0.2, 0.25) is 0 Å². The van der Waals surface area contributed by atoms with Crippen molar-refractivity contribution < 1.29 is 13.6 Å². The van der Waals surface area contributed by atoms with Crippen LogP contribution in [0.4, 0.5) is 25.0 Å². The first-order valence-corrected chi connectivity index (χ1v) is 6.67. The van der Waals surface area contributed by atoms with Gasteiger partial charge in [-0.1, -0.05) is 34.8 Å². The number of carbonyl (C=O) groups is 1. The van der Waals surface area contributed by atoms with Gasteiger partial charge in [0.1, 0.15) is 0 Å². The second-order valence-electron chi connectivity index (χ2n) is 3.98. The van der Waals surface area contributed by atoms with Gasteiger partial charge in [-0.2, -0.15) is 0 Å². The van der Waals surface area contributed by atoms with Gasteiger partial charge in [-0.15, -0.1) is 0 Å². The molecule has 0 saturated carbocycles. The third-order valence-electron chi connectivity index (χ3n) is 2.38. The lowest BCUT2D eigenvalue weighted by molar-refractivity contribution is 0.262. The van der Waals surface area contributed by atoms with Gasteiger partial charge in [0.05, 0.1) is 10.7 Å². The summed E-state index contributed by atoms with van der Waals surface area (Å²) in [5, 5.41) is 5.27. The Hall–Kier alpha value is -1.56. The Morgan fingerprint density at radius 2 is 1.43 bits per heavy atom. The lowest BCUT2D eigenvalue weighted by atomic mass is 10.3. The Balaban J connectivity index is 2.13. The van der Waals surface area contributed by atoms with Gasteiger partial charge in [-0.25, -0.2) is 13.6 Å². The van der Waals surface area contributed by atoms with Crippen LogP contribution in [0.5, 0.6) is 0 Å². The second-order valence-corrected chi connectivity index (χ2v) is 5.26. The number of halogens is 5. The molecule has 0 bridgehead atoms. The minimum absolute atomic E-state index is 0.0683. The Bertz CT molecular complexity index is 690. The Morgan fingerprint density at radius 1 is 0.857 bits per heavy atom. The van der Waals surface area contributed by atoms with Crippen molar-refractivity contribution >= 4 is 52.2 Å². The highest BCUT2D eigenvalue weighted by Crippen LogP contribution is 2.26. The van der Waals surface area contributed by atoms with Crippen LogP contribution in [0.3, 0.4) is 0 Å². The zero-order chi connectivity index (χ0) is 15.6. The number of anilines is 2. The number of hydrogen-bond acceptors (Lipinski definition) is 1. The molecule has 0 unspecified atom stereocenters. The second kappa shape index (κ2) is 6.47. The number of nitrogens with one attached hydrogen (secondary N) is 2. The number of urea groups is 1. The van der Waals surface area contributed by atoms with E-state index in [4.69, 9.17) is 34.8 Å². The molecule has 0 aliphatic heterocycles. The monoisotopic (exact) mass is 350 g/mol. The highest BCUT2D eigenvalue weighted by Gasteiger charge is 2.11. The summed E-state index contributed by atoms with van der Waals surface area (Å²) < 4.78 is 26.0. The van der Waals surface area contributed by atoms with Crippen molar-refractivity contribution in [2.45, 2.75) is 0 Å². The van der Waals surface area contributed by atoms with Crippen molar-refractivity contribution in [2.75, 3.05) is 10.6 Å². The predicted octanol–water partition coefficient (Wildman–Crippen LogP) is 5.57. The largest absolute Gasteiger partial charge is 0.323 e. The number of amides is 2. The van der Waals surface area contributed by atoms with E-state index in [1.165, 1.54) is 18.2 Å². The molecule has 0 aliphatic carbocycles. The molecule has 0 aromatic heterocycles. The van der Waals surface area contributed by atoms with Crippen LogP contribution in [0.1, 0.15) is 0 Å². The Morgan fingerprint density at radius 3 is 2.05 bits per heavy atom. The van der Waals surface area contributed by atoms with Gasteiger partial charge < -0.3 is 10.6 Å². The van der Waals surface area contributed by atoms with Crippen LogP contribution in [-0.4, -0.2) is 6.03 Å². The summed E-state index contributed by atoms with van der Waals surface area (Å²) in [4.78, 5) is 11.8. The molecule has 2 aromatic carbocycles. The smallest absolute Gasteiger partial charge is 0.308 e. The molecule has 0 radical (unpaired) electrons. The topological polar surface area (TPSA) is 41.1 Å². The van der Waals surface area contributed by atoms with Gasteiger partial charge in [-0.3, -0.25) is 0 Å². The summed E-state index contributed by atoms with van der Waals surface area (Å²) in [6.07, 6.45) is 0. The third-order valence-corrected chi connectivity index (χ3v) is 3.13. The minimum Gasteiger partial charge on any atom is -0.308 e. The molecule has 8 heteroatoms. The first-order valence-electron chi connectivity index (χ1n) is 5.54. The van der Waals surface area contributed by atoms with Crippen molar-refractivity contribution in [3.05, 3.63) is 57.0 Å². The summed E-state index contributed by atoms with van der Waals surface area (Å²) in [7, 11) is 0.